The van der Waals surface area contributed by atoms with Crippen LogP contribution in [0.1, 0.15) is 5.56 Å². The van der Waals surface area contributed by atoms with Crippen molar-refractivity contribution in [2.75, 3.05) is 0 Å². The zero-order chi connectivity index (χ0) is 30.6. The number of para-hydroxylation sites is 3. The lowest BCUT2D eigenvalue weighted by atomic mass is 9.88. The first-order valence-electron chi connectivity index (χ1n) is 15.3. The minimum atomic E-state index is 0.645. The van der Waals surface area contributed by atoms with Crippen LogP contribution in [0.4, 0.5) is 0 Å². The Morgan fingerprint density at radius 1 is 0.370 bits per heavy atom. The van der Waals surface area contributed by atoms with Crippen LogP contribution in [0.15, 0.2) is 160 Å². The molecule has 0 saturated carbocycles. The third-order valence-electron chi connectivity index (χ3n) is 8.93. The summed E-state index contributed by atoms with van der Waals surface area (Å²) in [6.07, 6.45) is 0. The van der Waals surface area contributed by atoms with E-state index in [4.69, 9.17) is 8.83 Å². The lowest BCUT2D eigenvalue weighted by Gasteiger charge is -2.14. The molecule has 0 atom stereocenters. The van der Waals surface area contributed by atoms with E-state index in [-0.39, 0.29) is 0 Å². The molecule has 0 bridgehead atoms. The Kier molecular flexibility index (Phi) is 5.88. The molecule has 46 heavy (non-hydrogen) atoms. The van der Waals surface area contributed by atoms with Gasteiger partial charge in [0.2, 0.25) is 0 Å². The number of rotatable bonds is 4. The van der Waals surface area contributed by atoms with Gasteiger partial charge in [0, 0.05) is 38.2 Å². The van der Waals surface area contributed by atoms with Gasteiger partial charge in [0.25, 0.3) is 0 Å². The quantitative estimate of drug-likeness (QED) is 0.206. The fraction of sp³-hybridized carbons (Fsp3) is 0. The van der Waals surface area contributed by atoms with Gasteiger partial charge < -0.3 is 8.83 Å². The van der Waals surface area contributed by atoms with Crippen LogP contribution in [-0.4, -0.2) is 0 Å². The molecule has 3 nitrogen and oxygen atoms in total. The summed E-state index contributed by atoms with van der Waals surface area (Å²) in [6, 6.07) is 54.3. The first kappa shape index (κ1) is 26.1. The largest absolute Gasteiger partial charge is 0.456 e. The summed E-state index contributed by atoms with van der Waals surface area (Å²) < 4.78 is 12.8. The number of nitrogens with zero attached hydrogens (tertiary/aromatic N) is 1. The molecule has 0 amide bonds. The third kappa shape index (κ3) is 4.13. The minimum Gasteiger partial charge on any atom is -0.456 e. The van der Waals surface area contributed by atoms with Gasteiger partial charge in [-0.15, -0.1) is 0 Å². The number of fused-ring (bicyclic) bond motifs is 6. The number of hydrogen-bond acceptors (Lipinski definition) is 3. The van der Waals surface area contributed by atoms with E-state index in [2.05, 4.69) is 72.8 Å². The highest BCUT2D eigenvalue weighted by molar-refractivity contribution is 6.10. The van der Waals surface area contributed by atoms with Crippen LogP contribution in [0, 0.1) is 11.3 Å². The van der Waals surface area contributed by atoms with E-state index < -0.39 is 0 Å². The highest BCUT2D eigenvalue weighted by Crippen LogP contribution is 2.41. The van der Waals surface area contributed by atoms with E-state index in [1.165, 1.54) is 0 Å². The van der Waals surface area contributed by atoms with Gasteiger partial charge in [-0.25, -0.2) is 0 Å². The van der Waals surface area contributed by atoms with Gasteiger partial charge in [-0.3, -0.25) is 0 Å². The minimum absolute atomic E-state index is 0.645. The van der Waals surface area contributed by atoms with Crippen molar-refractivity contribution in [3.05, 3.63) is 157 Å². The standard InChI is InChI=1S/C43H25NO2/c44-26-39-32(27-10-2-1-3-11-27)14-8-15-33(39)30-22-29(28-20-21-37-35-12-4-6-18-40(35)45-42(37)25-28)23-31(24-30)34-16-9-17-38-36-13-5-7-19-41(36)46-43(34)38/h1-25H. The number of benzene rings is 7. The first-order valence-corrected chi connectivity index (χ1v) is 15.3. The molecule has 0 unspecified atom stereocenters. The SMILES string of the molecule is N#Cc1c(-c2ccccc2)cccc1-c1cc(-c2ccc3c(c2)oc2ccccc23)cc(-c2cccc3c2oc2ccccc23)c1. The molecule has 2 aromatic heterocycles. The van der Waals surface area contributed by atoms with Crippen molar-refractivity contribution >= 4 is 43.9 Å². The Hall–Kier alpha value is -6.37. The van der Waals surface area contributed by atoms with Crippen LogP contribution in [0.25, 0.3) is 88.4 Å². The van der Waals surface area contributed by atoms with Crippen LogP contribution in [0.3, 0.4) is 0 Å². The molecule has 0 aliphatic heterocycles. The molecular formula is C43H25NO2. The Balaban J connectivity index is 1.31. The van der Waals surface area contributed by atoms with Crippen LogP contribution in [0.5, 0.6) is 0 Å². The van der Waals surface area contributed by atoms with Gasteiger partial charge in [-0.1, -0.05) is 109 Å². The van der Waals surface area contributed by atoms with Crippen LogP contribution in [0.2, 0.25) is 0 Å². The molecule has 2 heterocycles. The summed E-state index contributed by atoms with van der Waals surface area (Å²) in [5.41, 5.74) is 11.9. The second-order valence-corrected chi connectivity index (χ2v) is 11.6. The average molecular weight is 588 g/mol. The molecule has 3 heteroatoms. The van der Waals surface area contributed by atoms with E-state index in [0.717, 1.165) is 88.4 Å². The van der Waals surface area contributed by atoms with E-state index in [1.54, 1.807) is 0 Å². The zero-order valence-electron chi connectivity index (χ0n) is 24.7. The molecule has 9 rings (SSSR count). The molecule has 0 aliphatic rings. The molecule has 214 valence electrons. The highest BCUT2D eigenvalue weighted by atomic mass is 16.3. The molecule has 0 saturated heterocycles. The van der Waals surface area contributed by atoms with Crippen LogP contribution in [-0.2, 0) is 0 Å². The van der Waals surface area contributed by atoms with E-state index in [1.807, 2.05) is 84.9 Å². The summed E-state index contributed by atoms with van der Waals surface area (Å²) in [6.45, 7) is 0. The van der Waals surface area contributed by atoms with E-state index >= 15 is 0 Å². The molecule has 0 N–H and O–H groups in total. The molecule has 0 fully saturated rings. The number of hydrogen-bond donors (Lipinski definition) is 0. The maximum Gasteiger partial charge on any atom is 0.143 e. The number of nitriles is 1. The lowest BCUT2D eigenvalue weighted by molar-refractivity contribution is 0.669. The summed E-state index contributed by atoms with van der Waals surface area (Å²) in [4.78, 5) is 0. The fourth-order valence-electron chi connectivity index (χ4n) is 6.76. The Morgan fingerprint density at radius 3 is 1.72 bits per heavy atom. The highest BCUT2D eigenvalue weighted by Gasteiger charge is 2.18. The Morgan fingerprint density at radius 2 is 0.935 bits per heavy atom. The van der Waals surface area contributed by atoms with Gasteiger partial charge in [-0.05, 0) is 70.3 Å². The predicted octanol–water partition coefficient (Wildman–Crippen LogP) is 12.0. The van der Waals surface area contributed by atoms with E-state index in [0.29, 0.717) is 5.56 Å². The van der Waals surface area contributed by atoms with Crippen LogP contribution < -0.4 is 0 Å². The van der Waals surface area contributed by atoms with Gasteiger partial charge >= 0.3 is 0 Å². The van der Waals surface area contributed by atoms with E-state index in [9.17, 15) is 5.26 Å². The monoisotopic (exact) mass is 587 g/mol. The maximum absolute atomic E-state index is 10.5. The van der Waals surface area contributed by atoms with Crippen molar-refractivity contribution in [2.45, 2.75) is 0 Å². The molecule has 0 radical (unpaired) electrons. The topological polar surface area (TPSA) is 50.1 Å². The number of furan rings is 2. The zero-order valence-corrected chi connectivity index (χ0v) is 24.7. The smallest absolute Gasteiger partial charge is 0.143 e. The van der Waals surface area contributed by atoms with Crippen molar-refractivity contribution in [1.29, 1.82) is 5.26 Å². The second-order valence-electron chi connectivity index (χ2n) is 11.6. The normalized spacial score (nSPS) is 11.5. The average Bonchev–Trinajstić information content (AvgIpc) is 3.69. The molecule has 0 aliphatic carbocycles. The van der Waals surface area contributed by atoms with Gasteiger partial charge in [0.05, 0.1) is 5.56 Å². The summed E-state index contributed by atoms with van der Waals surface area (Å²) >= 11 is 0. The molecule has 7 aromatic carbocycles. The summed E-state index contributed by atoms with van der Waals surface area (Å²) in [5, 5.41) is 14.9. The predicted molar refractivity (Wildman–Crippen MR) is 187 cm³/mol. The molecule has 9 aromatic rings. The van der Waals surface area contributed by atoms with Crippen LogP contribution >= 0.6 is 0 Å². The summed E-state index contributed by atoms with van der Waals surface area (Å²) in [5.74, 6) is 0. The van der Waals surface area contributed by atoms with Crippen molar-refractivity contribution in [2.24, 2.45) is 0 Å². The van der Waals surface area contributed by atoms with Gasteiger partial charge in [0.15, 0.2) is 0 Å². The molecular weight excluding hydrogens is 562 g/mol. The van der Waals surface area contributed by atoms with Crippen molar-refractivity contribution in [3.8, 4) is 50.6 Å². The van der Waals surface area contributed by atoms with Gasteiger partial charge in [0.1, 0.15) is 28.4 Å². The Bertz CT molecular complexity index is 2650. The second kappa shape index (κ2) is 10.4. The van der Waals surface area contributed by atoms with Crippen molar-refractivity contribution in [3.63, 3.8) is 0 Å². The Labute approximate surface area is 265 Å². The van der Waals surface area contributed by atoms with Crippen molar-refractivity contribution < 1.29 is 8.83 Å². The lowest BCUT2D eigenvalue weighted by Crippen LogP contribution is -1.92. The fourth-order valence-corrected chi connectivity index (χ4v) is 6.76. The first-order chi connectivity index (χ1) is 22.7. The maximum atomic E-state index is 10.5. The van der Waals surface area contributed by atoms with Gasteiger partial charge in [-0.2, -0.15) is 5.26 Å². The van der Waals surface area contributed by atoms with Crippen molar-refractivity contribution in [1.82, 2.24) is 0 Å². The summed E-state index contributed by atoms with van der Waals surface area (Å²) in [7, 11) is 0. The third-order valence-corrected chi connectivity index (χ3v) is 8.93. The molecule has 0 spiro atoms.